The highest BCUT2D eigenvalue weighted by Gasteiger charge is 2.25. The summed E-state index contributed by atoms with van der Waals surface area (Å²) in [5.41, 5.74) is 2.09. The van der Waals surface area contributed by atoms with Gasteiger partial charge in [0, 0.05) is 43.3 Å². The lowest BCUT2D eigenvalue weighted by molar-refractivity contribution is 0.190. The van der Waals surface area contributed by atoms with E-state index in [0.717, 1.165) is 56.0 Å². The number of anilines is 1. The van der Waals surface area contributed by atoms with Crippen LogP contribution in [0.4, 0.5) is 10.5 Å². The van der Waals surface area contributed by atoms with Crippen molar-refractivity contribution in [1.82, 2.24) is 10.2 Å². The quantitative estimate of drug-likeness (QED) is 0.907. The van der Waals surface area contributed by atoms with E-state index < -0.39 is 0 Å². The Balaban J connectivity index is 1.60. The maximum absolute atomic E-state index is 12.4. The standard InChI is InChI=1S/C18H26ClN3O2/c1-13-11-16(17(24-2)12-15(13)19)21-7-9-22(10-8-21)18(23)20-14-5-3-4-6-14/h11-12,14H,3-10H2,1-2H3,(H,20,23). The number of nitrogens with one attached hydrogen (secondary N) is 1. The second kappa shape index (κ2) is 7.51. The SMILES string of the molecule is COc1cc(Cl)c(C)cc1N1CCN(C(=O)NC2CCCC2)CC1. The van der Waals surface area contributed by atoms with Crippen molar-refractivity contribution in [2.75, 3.05) is 38.2 Å². The van der Waals surface area contributed by atoms with Gasteiger partial charge in [0.2, 0.25) is 0 Å². The predicted molar refractivity (Wildman–Crippen MR) is 97.3 cm³/mol. The Kier molecular flexibility index (Phi) is 5.39. The highest BCUT2D eigenvalue weighted by molar-refractivity contribution is 6.31. The van der Waals surface area contributed by atoms with Gasteiger partial charge in [0.05, 0.1) is 12.8 Å². The van der Waals surface area contributed by atoms with Crippen molar-refractivity contribution in [3.63, 3.8) is 0 Å². The number of benzene rings is 1. The van der Waals surface area contributed by atoms with Gasteiger partial charge in [-0.15, -0.1) is 0 Å². The van der Waals surface area contributed by atoms with Crippen LogP contribution in [-0.4, -0.2) is 50.3 Å². The molecule has 1 aromatic rings. The molecule has 2 amide bonds. The van der Waals surface area contributed by atoms with E-state index in [4.69, 9.17) is 16.3 Å². The summed E-state index contributed by atoms with van der Waals surface area (Å²) in [5.74, 6) is 0.787. The van der Waals surface area contributed by atoms with Gasteiger partial charge in [0.25, 0.3) is 0 Å². The number of carbonyl (C=O) groups excluding carboxylic acids is 1. The summed E-state index contributed by atoms with van der Waals surface area (Å²) in [5, 5.41) is 3.88. The Hall–Kier alpha value is -1.62. The number of urea groups is 1. The van der Waals surface area contributed by atoms with Gasteiger partial charge in [-0.05, 0) is 31.4 Å². The molecule has 3 rings (SSSR count). The number of rotatable bonds is 3. The first-order chi connectivity index (χ1) is 11.6. The zero-order valence-electron chi connectivity index (χ0n) is 14.5. The molecule has 1 saturated heterocycles. The topological polar surface area (TPSA) is 44.8 Å². The van der Waals surface area contributed by atoms with Crippen molar-refractivity contribution < 1.29 is 9.53 Å². The minimum Gasteiger partial charge on any atom is -0.495 e. The second-order valence-electron chi connectivity index (χ2n) is 6.68. The van der Waals surface area contributed by atoms with Gasteiger partial charge in [0.1, 0.15) is 5.75 Å². The summed E-state index contributed by atoms with van der Waals surface area (Å²) in [6.07, 6.45) is 4.70. The zero-order valence-corrected chi connectivity index (χ0v) is 15.2. The van der Waals surface area contributed by atoms with E-state index in [-0.39, 0.29) is 6.03 Å². The molecule has 1 aliphatic heterocycles. The van der Waals surface area contributed by atoms with Crippen LogP contribution in [0.15, 0.2) is 12.1 Å². The van der Waals surface area contributed by atoms with Gasteiger partial charge in [-0.2, -0.15) is 0 Å². The number of nitrogens with zero attached hydrogens (tertiary/aromatic N) is 2. The van der Waals surface area contributed by atoms with Gasteiger partial charge in [-0.1, -0.05) is 24.4 Å². The zero-order chi connectivity index (χ0) is 17.1. The van der Waals surface area contributed by atoms with Crippen LogP contribution < -0.4 is 15.0 Å². The van der Waals surface area contributed by atoms with E-state index in [1.54, 1.807) is 7.11 Å². The summed E-state index contributed by atoms with van der Waals surface area (Å²) in [6.45, 7) is 5.05. The molecule has 0 unspecified atom stereocenters. The van der Waals surface area contributed by atoms with Crippen molar-refractivity contribution in [2.24, 2.45) is 0 Å². The highest BCUT2D eigenvalue weighted by Crippen LogP contribution is 2.34. The lowest BCUT2D eigenvalue weighted by atomic mass is 10.1. The third-order valence-electron chi connectivity index (χ3n) is 5.05. The lowest BCUT2D eigenvalue weighted by Gasteiger charge is -2.37. The maximum atomic E-state index is 12.4. The number of hydrogen-bond donors (Lipinski definition) is 1. The Morgan fingerprint density at radius 3 is 2.50 bits per heavy atom. The minimum absolute atomic E-state index is 0.0841. The van der Waals surface area contributed by atoms with Gasteiger partial charge >= 0.3 is 6.03 Å². The average Bonchev–Trinajstić information content (AvgIpc) is 3.10. The Morgan fingerprint density at radius 1 is 1.21 bits per heavy atom. The molecule has 2 aliphatic rings. The van der Waals surface area contributed by atoms with Gasteiger partial charge in [-0.25, -0.2) is 4.79 Å². The van der Waals surface area contributed by atoms with E-state index in [9.17, 15) is 4.79 Å². The average molecular weight is 352 g/mol. The molecule has 1 aromatic carbocycles. The number of amides is 2. The van der Waals surface area contributed by atoms with Crippen molar-refractivity contribution in [3.8, 4) is 5.75 Å². The maximum Gasteiger partial charge on any atom is 0.317 e. The molecule has 0 bridgehead atoms. The van der Waals surface area contributed by atoms with Gasteiger partial charge in [0.15, 0.2) is 0 Å². The summed E-state index contributed by atoms with van der Waals surface area (Å²) < 4.78 is 5.48. The first-order valence-electron chi connectivity index (χ1n) is 8.73. The second-order valence-corrected chi connectivity index (χ2v) is 7.09. The van der Waals surface area contributed by atoms with Gasteiger partial charge < -0.3 is 19.9 Å². The van der Waals surface area contributed by atoms with E-state index in [2.05, 4.69) is 16.3 Å². The number of aryl methyl sites for hydroxylation is 1. The molecule has 1 heterocycles. The van der Waals surface area contributed by atoms with Crippen LogP contribution in [-0.2, 0) is 0 Å². The number of halogens is 1. The van der Waals surface area contributed by atoms with Crippen LogP contribution in [0.3, 0.4) is 0 Å². The first kappa shape index (κ1) is 17.2. The molecule has 0 aromatic heterocycles. The van der Waals surface area contributed by atoms with Crippen LogP contribution in [0.1, 0.15) is 31.2 Å². The Bertz CT molecular complexity index is 594. The number of ether oxygens (including phenoxy) is 1. The fourth-order valence-electron chi connectivity index (χ4n) is 3.55. The number of carbonyl (C=O) groups is 1. The molecular formula is C18H26ClN3O2. The molecule has 1 N–H and O–H groups in total. The van der Waals surface area contributed by atoms with Crippen molar-refractivity contribution in [3.05, 3.63) is 22.7 Å². The molecule has 0 radical (unpaired) electrons. The van der Waals surface area contributed by atoms with Crippen molar-refractivity contribution in [2.45, 2.75) is 38.6 Å². The summed E-state index contributed by atoms with van der Waals surface area (Å²) >= 11 is 6.19. The van der Waals surface area contributed by atoms with Gasteiger partial charge in [-0.3, -0.25) is 0 Å². The van der Waals surface area contributed by atoms with Crippen LogP contribution in [0, 0.1) is 6.92 Å². The first-order valence-corrected chi connectivity index (χ1v) is 9.11. The summed E-state index contributed by atoms with van der Waals surface area (Å²) in [7, 11) is 1.66. The number of methoxy groups -OCH3 is 1. The molecule has 1 aliphatic carbocycles. The van der Waals surface area contributed by atoms with E-state index >= 15 is 0 Å². The smallest absolute Gasteiger partial charge is 0.317 e. The van der Waals surface area contributed by atoms with E-state index in [0.29, 0.717) is 11.1 Å². The minimum atomic E-state index is 0.0841. The van der Waals surface area contributed by atoms with Crippen LogP contribution in [0.25, 0.3) is 0 Å². The largest absolute Gasteiger partial charge is 0.495 e. The van der Waals surface area contributed by atoms with Crippen LogP contribution in [0.5, 0.6) is 5.75 Å². The molecule has 132 valence electrons. The normalized spacial score (nSPS) is 18.8. The molecule has 24 heavy (non-hydrogen) atoms. The van der Waals surface area contributed by atoms with Crippen molar-refractivity contribution >= 4 is 23.3 Å². The van der Waals surface area contributed by atoms with Crippen molar-refractivity contribution in [1.29, 1.82) is 0 Å². The lowest BCUT2D eigenvalue weighted by Crippen LogP contribution is -2.53. The fraction of sp³-hybridized carbons (Fsp3) is 0.611. The Morgan fingerprint density at radius 2 is 1.88 bits per heavy atom. The molecule has 0 atom stereocenters. The van der Waals surface area contributed by atoms with Crippen LogP contribution >= 0.6 is 11.6 Å². The molecule has 5 nitrogen and oxygen atoms in total. The monoisotopic (exact) mass is 351 g/mol. The molecule has 1 saturated carbocycles. The van der Waals surface area contributed by atoms with Crippen LogP contribution in [0.2, 0.25) is 5.02 Å². The van der Waals surface area contributed by atoms with E-state index in [1.165, 1.54) is 12.8 Å². The van der Waals surface area contributed by atoms with E-state index in [1.807, 2.05) is 17.9 Å². The molecule has 0 spiro atoms. The molecule has 2 fully saturated rings. The third kappa shape index (κ3) is 3.72. The highest BCUT2D eigenvalue weighted by atomic mass is 35.5. The number of hydrogen-bond acceptors (Lipinski definition) is 3. The Labute approximate surface area is 148 Å². The summed E-state index contributed by atoms with van der Waals surface area (Å²) in [4.78, 5) is 16.6. The fourth-order valence-corrected chi connectivity index (χ4v) is 3.70. The molecular weight excluding hydrogens is 326 g/mol. The predicted octanol–water partition coefficient (Wildman–Crippen LogP) is 3.43. The third-order valence-corrected chi connectivity index (χ3v) is 5.46. The molecule has 6 heteroatoms. The number of piperazine rings is 1. The summed E-state index contributed by atoms with van der Waals surface area (Å²) in [6, 6.07) is 4.39.